The van der Waals surface area contributed by atoms with Crippen LogP contribution in [0.3, 0.4) is 0 Å². The predicted molar refractivity (Wildman–Crippen MR) is 94.3 cm³/mol. The molecule has 0 saturated heterocycles. The van der Waals surface area contributed by atoms with Gasteiger partial charge >= 0.3 is 0 Å². The lowest BCUT2D eigenvalue weighted by Gasteiger charge is -2.21. The third kappa shape index (κ3) is 5.42. The molecule has 2 heteroatoms. The van der Waals surface area contributed by atoms with Crippen LogP contribution in [0, 0.1) is 0 Å². The zero-order chi connectivity index (χ0) is 15.8. The summed E-state index contributed by atoms with van der Waals surface area (Å²) >= 11 is 0. The van der Waals surface area contributed by atoms with Gasteiger partial charge in [0.2, 0.25) is 0 Å². The summed E-state index contributed by atoms with van der Waals surface area (Å²) in [6.45, 7) is 14.1. The van der Waals surface area contributed by atoms with Gasteiger partial charge in [0, 0.05) is 18.9 Å². The van der Waals surface area contributed by atoms with Gasteiger partial charge in [-0.1, -0.05) is 49.1 Å². The normalized spacial score (nSPS) is 11.0. The molecule has 1 aromatic carbocycles. The lowest BCUT2D eigenvalue weighted by molar-refractivity contribution is 0.586. The lowest BCUT2D eigenvalue weighted by atomic mass is 10.0. The molecule has 0 fully saturated rings. The fourth-order valence-electron chi connectivity index (χ4n) is 1.95. The van der Waals surface area contributed by atoms with E-state index in [0.717, 1.165) is 24.4 Å². The summed E-state index contributed by atoms with van der Waals surface area (Å²) in [4.78, 5) is 6.49. The number of rotatable bonds is 6. The smallest absolute Gasteiger partial charge is 0.105 e. The maximum Gasteiger partial charge on any atom is 0.105 e. The molecule has 0 atom stereocenters. The van der Waals surface area contributed by atoms with Crippen molar-refractivity contribution in [2.75, 3.05) is 7.05 Å². The highest BCUT2D eigenvalue weighted by atomic mass is 15.2. The second kappa shape index (κ2) is 8.25. The Labute approximate surface area is 129 Å². The molecule has 0 amide bonds. The minimum Gasteiger partial charge on any atom is -0.338 e. The van der Waals surface area contributed by atoms with E-state index in [1.807, 2.05) is 46.2 Å². The first-order chi connectivity index (χ1) is 9.95. The quantitative estimate of drug-likeness (QED) is 0.526. The van der Waals surface area contributed by atoms with Crippen LogP contribution in [0.4, 0.5) is 0 Å². The highest BCUT2D eigenvalue weighted by molar-refractivity contribution is 5.81. The number of aryl methyl sites for hydroxylation is 1. The molecule has 0 unspecified atom stereocenters. The zero-order valence-corrected chi connectivity index (χ0v) is 13.7. The first-order valence-corrected chi connectivity index (χ1v) is 7.25. The van der Waals surface area contributed by atoms with E-state index in [1.54, 1.807) is 0 Å². The standard InChI is InChI=1S/C19H26N2/c1-7-18-10-8-9-11-19(18)13-12-16(4)21(6)17(5)20-14-15(2)3/h7-11,14H,1,4,12-13H2,2-3,5-6H3. The molecule has 21 heavy (non-hydrogen) atoms. The number of hydrogen-bond donors (Lipinski definition) is 0. The Kier molecular flexibility index (Phi) is 6.67. The molecule has 0 radical (unpaired) electrons. The highest BCUT2D eigenvalue weighted by Gasteiger charge is 2.06. The Balaban J connectivity index is 2.67. The number of nitrogens with zero attached hydrogens (tertiary/aromatic N) is 2. The third-order valence-corrected chi connectivity index (χ3v) is 3.43. The maximum absolute atomic E-state index is 4.44. The van der Waals surface area contributed by atoms with Gasteiger partial charge in [0.15, 0.2) is 0 Å². The molecule has 0 aliphatic carbocycles. The summed E-state index contributed by atoms with van der Waals surface area (Å²) in [5.41, 5.74) is 4.76. The van der Waals surface area contributed by atoms with Crippen molar-refractivity contribution in [3.63, 3.8) is 0 Å². The van der Waals surface area contributed by atoms with Gasteiger partial charge < -0.3 is 4.90 Å². The maximum atomic E-state index is 4.44. The van der Waals surface area contributed by atoms with Gasteiger partial charge in [-0.15, -0.1) is 0 Å². The van der Waals surface area contributed by atoms with Crippen LogP contribution in [-0.4, -0.2) is 17.8 Å². The minimum atomic E-state index is 0.906. The van der Waals surface area contributed by atoms with Crippen LogP contribution in [-0.2, 0) is 6.42 Å². The van der Waals surface area contributed by atoms with Crippen molar-refractivity contribution in [3.05, 3.63) is 66.0 Å². The van der Waals surface area contributed by atoms with Crippen molar-refractivity contribution >= 4 is 11.9 Å². The molecule has 0 aliphatic rings. The van der Waals surface area contributed by atoms with Gasteiger partial charge in [-0.25, -0.2) is 4.99 Å². The van der Waals surface area contributed by atoms with Gasteiger partial charge in [0.05, 0.1) is 0 Å². The summed E-state index contributed by atoms with van der Waals surface area (Å²) in [7, 11) is 2.01. The number of benzene rings is 1. The number of hydrogen-bond acceptors (Lipinski definition) is 1. The van der Waals surface area contributed by atoms with Crippen molar-refractivity contribution in [1.29, 1.82) is 0 Å². The molecule has 0 heterocycles. The molecular weight excluding hydrogens is 256 g/mol. The van der Waals surface area contributed by atoms with Crippen LogP contribution in [0.2, 0.25) is 0 Å². The molecule has 0 aliphatic heterocycles. The Morgan fingerprint density at radius 2 is 1.90 bits per heavy atom. The third-order valence-electron chi connectivity index (χ3n) is 3.43. The molecule has 0 N–H and O–H groups in total. The van der Waals surface area contributed by atoms with Crippen molar-refractivity contribution in [3.8, 4) is 0 Å². The lowest BCUT2D eigenvalue weighted by Crippen LogP contribution is -2.23. The second-order valence-electron chi connectivity index (χ2n) is 5.41. The molecule has 112 valence electrons. The van der Waals surface area contributed by atoms with Crippen LogP contribution in [0.25, 0.3) is 6.08 Å². The fraction of sp³-hybridized carbons (Fsp3) is 0.316. The fourth-order valence-corrected chi connectivity index (χ4v) is 1.95. The van der Waals surface area contributed by atoms with E-state index < -0.39 is 0 Å². The van der Waals surface area contributed by atoms with Crippen LogP contribution in [0.15, 0.2) is 59.9 Å². The largest absolute Gasteiger partial charge is 0.338 e. The Hall–Kier alpha value is -2.09. The Morgan fingerprint density at radius 1 is 1.24 bits per heavy atom. The predicted octanol–water partition coefficient (Wildman–Crippen LogP) is 5.05. The van der Waals surface area contributed by atoms with Gasteiger partial charge in [-0.2, -0.15) is 0 Å². The van der Waals surface area contributed by atoms with Crippen LogP contribution >= 0.6 is 0 Å². The van der Waals surface area contributed by atoms with Gasteiger partial charge in [-0.05, 0) is 44.7 Å². The van der Waals surface area contributed by atoms with Crippen molar-refractivity contribution < 1.29 is 0 Å². The average Bonchev–Trinajstić information content (AvgIpc) is 2.49. The van der Waals surface area contributed by atoms with Crippen molar-refractivity contribution in [2.45, 2.75) is 33.6 Å². The molecule has 1 rings (SSSR count). The summed E-state index contributed by atoms with van der Waals surface area (Å²) in [6, 6.07) is 8.35. The SMILES string of the molecule is C=Cc1ccccc1CCC(=C)N(C)C(C)=NC=C(C)C. The Bertz CT molecular complexity index is 561. The molecule has 0 spiro atoms. The summed E-state index contributed by atoms with van der Waals surface area (Å²) in [5.74, 6) is 0.957. The average molecular weight is 282 g/mol. The van der Waals surface area contributed by atoms with Gasteiger partial charge in [-0.3, -0.25) is 0 Å². The van der Waals surface area contributed by atoms with E-state index >= 15 is 0 Å². The van der Waals surface area contributed by atoms with Crippen molar-refractivity contribution in [2.24, 2.45) is 4.99 Å². The minimum absolute atomic E-state index is 0.906. The van der Waals surface area contributed by atoms with E-state index in [2.05, 4.69) is 41.2 Å². The number of aliphatic imine (C=N–C) groups is 1. The molecule has 2 nitrogen and oxygen atoms in total. The van der Waals surface area contributed by atoms with E-state index in [9.17, 15) is 0 Å². The van der Waals surface area contributed by atoms with Crippen LogP contribution < -0.4 is 0 Å². The summed E-state index contributed by atoms with van der Waals surface area (Å²) < 4.78 is 0. The van der Waals surface area contributed by atoms with Crippen LogP contribution in [0.1, 0.15) is 38.3 Å². The van der Waals surface area contributed by atoms with Gasteiger partial charge in [0.1, 0.15) is 5.84 Å². The molecule has 0 aromatic heterocycles. The van der Waals surface area contributed by atoms with Crippen molar-refractivity contribution in [1.82, 2.24) is 4.90 Å². The topological polar surface area (TPSA) is 15.6 Å². The zero-order valence-electron chi connectivity index (χ0n) is 13.7. The van der Waals surface area contributed by atoms with Gasteiger partial charge in [0.25, 0.3) is 0 Å². The van der Waals surface area contributed by atoms with E-state index in [4.69, 9.17) is 0 Å². The molecular formula is C19H26N2. The van der Waals surface area contributed by atoms with E-state index in [1.165, 1.54) is 16.7 Å². The van der Waals surface area contributed by atoms with Crippen LogP contribution in [0.5, 0.6) is 0 Å². The molecule has 0 saturated carbocycles. The first-order valence-electron chi connectivity index (χ1n) is 7.25. The number of allylic oxidation sites excluding steroid dienone is 2. The molecule has 1 aromatic rings. The van der Waals surface area contributed by atoms with E-state index in [0.29, 0.717) is 0 Å². The molecule has 0 bridgehead atoms. The highest BCUT2D eigenvalue weighted by Crippen LogP contribution is 2.16. The Morgan fingerprint density at radius 3 is 2.52 bits per heavy atom. The summed E-state index contributed by atoms with van der Waals surface area (Å²) in [5, 5.41) is 0. The van der Waals surface area contributed by atoms with E-state index in [-0.39, 0.29) is 0 Å². The monoisotopic (exact) mass is 282 g/mol. The second-order valence-corrected chi connectivity index (χ2v) is 5.41. The first kappa shape index (κ1) is 17.0. The number of amidine groups is 1. The summed E-state index contributed by atoms with van der Waals surface area (Å²) in [6.07, 6.45) is 5.65.